The summed E-state index contributed by atoms with van der Waals surface area (Å²) in [7, 11) is 1.52. The number of nitro groups is 1. The van der Waals surface area contributed by atoms with Crippen LogP contribution in [-0.2, 0) is 14.3 Å². The normalized spacial score (nSPS) is 10.1. The number of ether oxygens (including phenoxy) is 3. The number of nitrogens with one attached hydrogen (secondary N) is 2. The van der Waals surface area contributed by atoms with Crippen LogP contribution in [0.1, 0.15) is 10.4 Å². The quantitative estimate of drug-likeness (QED) is 0.255. The van der Waals surface area contributed by atoms with Gasteiger partial charge in [0.1, 0.15) is 17.2 Å². The lowest BCUT2D eigenvalue weighted by atomic mass is 10.2. The Morgan fingerprint density at radius 3 is 2.29 bits per heavy atom. The molecule has 11 nitrogen and oxygen atoms in total. The van der Waals surface area contributed by atoms with Crippen LogP contribution in [0.25, 0.3) is 0 Å². The molecule has 0 saturated heterocycles. The zero-order valence-electron chi connectivity index (χ0n) is 18.6. The molecule has 0 radical (unpaired) electrons. The van der Waals surface area contributed by atoms with Crippen LogP contribution in [0.3, 0.4) is 0 Å². The van der Waals surface area contributed by atoms with Crippen LogP contribution in [0.15, 0.2) is 72.8 Å². The third-order valence-electron chi connectivity index (χ3n) is 4.52. The molecule has 0 atom stereocenters. The van der Waals surface area contributed by atoms with Gasteiger partial charge in [-0.25, -0.2) is 4.79 Å². The Kier molecular flexibility index (Phi) is 8.33. The van der Waals surface area contributed by atoms with Crippen molar-refractivity contribution in [2.75, 3.05) is 31.0 Å². The van der Waals surface area contributed by atoms with Gasteiger partial charge < -0.3 is 24.8 Å². The molecule has 0 aliphatic rings. The van der Waals surface area contributed by atoms with Crippen molar-refractivity contribution < 1.29 is 33.5 Å². The largest absolute Gasteiger partial charge is 0.497 e. The van der Waals surface area contributed by atoms with Gasteiger partial charge in [-0.3, -0.25) is 19.7 Å². The Balaban J connectivity index is 1.46. The van der Waals surface area contributed by atoms with Crippen molar-refractivity contribution in [2.45, 2.75) is 0 Å². The van der Waals surface area contributed by atoms with Gasteiger partial charge in [0.15, 0.2) is 13.2 Å². The maximum Gasteiger partial charge on any atom is 0.338 e. The van der Waals surface area contributed by atoms with Crippen molar-refractivity contribution in [1.29, 1.82) is 0 Å². The van der Waals surface area contributed by atoms with Crippen LogP contribution in [0, 0.1) is 10.1 Å². The minimum atomic E-state index is -0.773. The molecule has 0 spiro atoms. The standard InChI is InChI=1S/C24H21N3O8/c1-33-19-6-4-5-17(13-19)25-22(28)14-34-18-11-9-16(10-12-18)24(30)35-15-23(29)26-20-7-2-3-8-21(20)27(31)32/h2-13H,14-15H2,1H3,(H,25,28)(H,26,29). The summed E-state index contributed by atoms with van der Waals surface area (Å²) in [5.41, 5.74) is 0.425. The minimum Gasteiger partial charge on any atom is -0.497 e. The fourth-order valence-electron chi connectivity index (χ4n) is 2.87. The van der Waals surface area contributed by atoms with Gasteiger partial charge in [-0.1, -0.05) is 18.2 Å². The molecule has 2 N–H and O–H groups in total. The summed E-state index contributed by atoms with van der Waals surface area (Å²) in [6.07, 6.45) is 0. The molecule has 3 aromatic carbocycles. The third-order valence-corrected chi connectivity index (χ3v) is 4.52. The topological polar surface area (TPSA) is 146 Å². The number of para-hydroxylation sites is 2. The molecular weight excluding hydrogens is 458 g/mol. The number of esters is 1. The van der Waals surface area contributed by atoms with E-state index in [9.17, 15) is 24.5 Å². The molecule has 11 heteroatoms. The first kappa shape index (κ1) is 24.7. The van der Waals surface area contributed by atoms with E-state index in [1.54, 1.807) is 24.3 Å². The fourth-order valence-corrected chi connectivity index (χ4v) is 2.87. The second kappa shape index (κ2) is 11.8. The monoisotopic (exact) mass is 479 g/mol. The van der Waals surface area contributed by atoms with Crippen molar-refractivity contribution in [3.63, 3.8) is 0 Å². The van der Waals surface area contributed by atoms with Gasteiger partial charge in [0.2, 0.25) is 0 Å². The first-order valence-corrected chi connectivity index (χ1v) is 10.2. The van der Waals surface area contributed by atoms with E-state index < -0.39 is 23.4 Å². The molecule has 3 aromatic rings. The second-order valence-electron chi connectivity index (χ2n) is 6.99. The van der Waals surface area contributed by atoms with Gasteiger partial charge in [0, 0.05) is 17.8 Å². The lowest BCUT2D eigenvalue weighted by Gasteiger charge is -2.09. The first-order chi connectivity index (χ1) is 16.9. The van der Waals surface area contributed by atoms with Crippen molar-refractivity contribution in [3.8, 4) is 11.5 Å². The number of carbonyl (C=O) groups excluding carboxylic acids is 3. The van der Waals surface area contributed by atoms with Crippen LogP contribution in [0.2, 0.25) is 0 Å². The second-order valence-corrected chi connectivity index (χ2v) is 6.99. The van der Waals surface area contributed by atoms with E-state index in [1.807, 2.05) is 0 Å². The van der Waals surface area contributed by atoms with E-state index in [4.69, 9.17) is 14.2 Å². The Morgan fingerprint density at radius 1 is 0.857 bits per heavy atom. The molecule has 3 rings (SSSR count). The summed E-state index contributed by atoms with van der Waals surface area (Å²) in [5.74, 6) is -0.937. The number of hydrogen-bond acceptors (Lipinski definition) is 8. The lowest BCUT2D eigenvalue weighted by molar-refractivity contribution is -0.383. The fraction of sp³-hybridized carbons (Fsp3) is 0.125. The van der Waals surface area contributed by atoms with Crippen molar-refractivity contribution in [3.05, 3.63) is 88.5 Å². The van der Waals surface area contributed by atoms with Crippen LogP contribution in [0.4, 0.5) is 17.1 Å². The summed E-state index contributed by atoms with van der Waals surface area (Å²) >= 11 is 0. The van der Waals surface area contributed by atoms with E-state index in [1.165, 1.54) is 55.6 Å². The number of carbonyl (C=O) groups is 3. The Hall–Kier alpha value is -4.93. The van der Waals surface area contributed by atoms with Gasteiger partial charge in [-0.15, -0.1) is 0 Å². The van der Waals surface area contributed by atoms with Gasteiger partial charge in [0.05, 0.1) is 17.6 Å². The van der Waals surface area contributed by atoms with Gasteiger partial charge in [-0.05, 0) is 42.5 Å². The minimum absolute atomic E-state index is 0.00418. The molecule has 0 heterocycles. The average molecular weight is 479 g/mol. The van der Waals surface area contributed by atoms with E-state index in [0.717, 1.165) is 0 Å². The van der Waals surface area contributed by atoms with Crippen LogP contribution >= 0.6 is 0 Å². The molecule has 180 valence electrons. The number of methoxy groups -OCH3 is 1. The van der Waals surface area contributed by atoms with E-state index in [2.05, 4.69) is 10.6 Å². The average Bonchev–Trinajstić information content (AvgIpc) is 2.86. The summed E-state index contributed by atoms with van der Waals surface area (Å²) in [4.78, 5) is 46.6. The number of nitrogens with zero attached hydrogens (tertiary/aromatic N) is 1. The molecule has 0 bridgehead atoms. The SMILES string of the molecule is COc1cccc(NC(=O)COc2ccc(C(=O)OCC(=O)Nc3ccccc3[N+](=O)[O-])cc2)c1. The van der Waals surface area contributed by atoms with Crippen molar-refractivity contribution >= 4 is 34.8 Å². The smallest absolute Gasteiger partial charge is 0.338 e. The molecule has 0 fully saturated rings. The lowest BCUT2D eigenvalue weighted by Crippen LogP contribution is -2.21. The number of hydrogen-bond donors (Lipinski definition) is 2. The van der Waals surface area contributed by atoms with Gasteiger partial charge in [0.25, 0.3) is 17.5 Å². The van der Waals surface area contributed by atoms with E-state index >= 15 is 0 Å². The highest BCUT2D eigenvalue weighted by molar-refractivity contribution is 5.97. The highest BCUT2D eigenvalue weighted by Crippen LogP contribution is 2.23. The predicted octanol–water partition coefficient (Wildman–Crippen LogP) is 3.42. The first-order valence-electron chi connectivity index (χ1n) is 10.2. The maximum absolute atomic E-state index is 12.2. The number of rotatable bonds is 10. The molecular formula is C24H21N3O8. The summed E-state index contributed by atoms with van der Waals surface area (Å²) in [5, 5.41) is 16.0. The summed E-state index contributed by atoms with van der Waals surface area (Å²) in [6.45, 7) is -0.889. The van der Waals surface area contributed by atoms with Crippen molar-refractivity contribution in [1.82, 2.24) is 0 Å². The van der Waals surface area contributed by atoms with Gasteiger partial charge >= 0.3 is 5.97 Å². The molecule has 0 unspecified atom stereocenters. The number of benzene rings is 3. The zero-order valence-corrected chi connectivity index (χ0v) is 18.6. The maximum atomic E-state index is 12.2. The van der Waals surface area contributed by atoms with E-state index in [0.29, 0.717) is 17.2 Å². The van der Waals surface area contributed by atoms with Crippen LogP contribution in [-0.4, -0.2) is 43.0 Å². The predicted molar refractivity (Wildman–Crippen MR) is 126 cm³/mol. The molecule has 0 aliphatic heterocycles. The van der Waals surface area contributed by atoms with Crippen LogP contribution in [0.5, 0.6) is 11.5 Å². The summed E-state index contributed by atoms with van der Waals surface area (Å²) in [6, 6.07) is 18.3. The zero-order chi connectivity index (χ0) is 25.2. The Morgan fingerprint density at radius 2 is 1.57 bits per heavy atom. The number of nitro benzene ring substituents is 1. The molecule has 0 aromatic heterocycles. The third kappa shape index (κ3) is 7.29. The summed E-state index contributed by atoms with van der Waals surface area (Å²) < 4.78 is 15.5. The number of amides is 2. The Labute approximate surface area is 199 Å². The molecule has 35 heavy (non-hydrogen) atoms. The molecule has 0 saturated carbocycles. The highest BCUT2D eigenvalue weighted by Gasteiger charge is 2.16. The van der Waals surface area contributed by atoms with Crippen molar-refractivity contribution in [2.24, 2.45) is 0 Å². The Bertz CT molecular complexity index is 1230. The molecule has 2 amide bonds. The highest BCUT2D eigenvalue weighted by atomic mass is 16.6. The van der Waals surface area contributed by atoms with Crippen LogP contribution < -0.4 is 20.1 Å². The van der Waals surface area contributed by atoms with Gasteiger partial charge in [-0.2, -0.15) is 0 Å². The van der Waals surface area contributed by atoms with E-state index in [-0.39, 0.29) is 29.5 Å². The molecule has 0 aliphatic carbocycles. The number of anilines is 2.